The molecule has 0 aliphatic heterocycles. The highest BCUT2D eigenvalue weighted by molar-refractivity contribution is 9.10. The Hall–Kier alpha value is -0.350. The number of nitrogens with zero attached hydrogens (tertiary/aromatic N) is 2. The van der Waals surface area contributed by atoms with Crippen molar-refractivity contribution in [2.75, 3.05) is 6.54 Å². The van der Waals surface area contributed by atoms with Gasteiger partial charge in [0, 0.05) is 19.5 Å². The molecule has 0 spiro atoms. The Morgan fingerprint density at radius 3 is 2.85 bits per heavy atom. The molecule has 4 heteroatoms. The molecule has 1 unspecified atom stereocenters. The first-order valence-electron chi connectivity index (χ1n) is 4.61. The molecule has 1 heterocycles. The summed E-state index contributed by atoms with van der Waals surface area (Å²) in [5.41, 5.74) is 7.04. The highest BCUT2D eigenvalue weighted by Crippen LogP contribution is 2.43. The van der Waals surface area contributed by atoms with Gasteiger partial charge in [-0.2, -0.15) is 5.10 Å². The van der Waals surface area contributed by atoms with Crippen molar-refractivity contribution in [1.29, 1.82) is 0 Å². The monoisotopic (exact) mass is 243 g/mol. The molecule has 13 heavy (non-hydrogen) atoms. The van der Waals surface area contributed by atoms with Crippen LogP contribution in [0.2, 0.25) is 0 Å². The minimum atomic E-state index is 0.488. The van der Waals surface area contributed by atoms with Crippen molar-refractivity contribution in [2.24, 2.45) is 18.7 Å². The lowest BCUT2D eigenvalue weighted by molar-refractivity contribution is 0.554. The molecule has 1 atom stereocenters. The molecule has 1 saturated carbocycles. The van der Waals surface area contributed by atoms with E-state index in [-0.39, 0.29) is 0 Å². The molecule has 1 aromatic heterocycles. The van der Waals surface area contributed by atoms with Gasteiger partial charge in [0.1, 0.15) is 0 Å². The molecule has 0 radical (unpaired) electrons. The summed E-state index contributed by atoms with van der Waals surface area (Å²) >= 11 is 3.52. The molecule has 0 bridgehead atoms. The molecule has 3 nitrogen and oxygen atoms in total. The van der Waals surface area contributed by atoms with Gasteiger partial charge in [-0.15, -0.1) is 0 Å². The van der Waals surface area contributed by atoms with Crippen molar-refractivity contribution in [2.45, 2.75) is 18.8 Å². The third-order valence-corrected chi connectivity index (χ3v) is 3.34. The van der Waals surface area contributed by atoms with E-state index in [0.29, 0.717) is 5.92 Å². The molecule has 2 N–H and O–H groups in total. The molecule has 1 aliphatic carbocycles. The zero-order valence-corrected chi connectivity index (χ0v) is 9.29. The lowest BCUT2D eigenvalue weighted by Crippen LogP contribution is -2.18. The molecule has 72 valence electrons. The van der Waals surface area contributed by atoms with E-state index in [0.717, 1.165) is 16.9 Å². The molecule has 0 aromatic carbocycles. The van der Waals surface area contributed by atoms with E-state index in [2.05, 4.69) is 21.0 Å². The number of hydrogen-bond donors (Lipinski definition) is 1. The third-order valence-electron chi connectivity index (χ3n) is 2.73. The van der Waals surface area contributed by atoms with Crippen molar-refractivity contribution in [3.8, 4) is 0 Å². The number of halogens is 1. The Balaban J connectivity index is 2.30. The van der Waals surface area contributed by atoms with Gasteiger partial charge in [-0.05, 0) is 34.7 Å². The maximum Gasteiger partial charge on any atom is 0.0635 e. The Bertz CT molecular complexity index is 284. The summed E-state index contributed by atoms with van der Waals surface area (Å²) in [4.78, 5) is 0. The van der Waals surface area contributed by atoms with Crippen molar-refractivity contribution < 1.29 is 0 Å². The number of aromatic nitrogens is 2. The van der Waals surface area contributed by atoms with Gasteiger partial charge < -0.3 is 5.73 Å². The Kier molecular flexibility index (Phi) is 2.43. The summed E-state index contributed by atoms with van der Waals surface area (Å²) in [6.07, 6.45) is 4.49. The Morgan fingerprint density at radius 1 is 1.77 bits per heavy atom. The minimum absolute atomic E-state index is 0.488. The summed E-state index contributed by atoms with van der Waals surface area (Å²) in [5.74, 6) is 1.28. The zero-order valence-electron chi connectivity index (χ0n) is 7.70. The van der Waals surface area contributed by atoms with Gasteiger partial charge in [0.15, 0.2) is 0 Å². The van der Waals surface area contributed by atoms with E-state index in [4.69, 9.17) is 5.73 Å². The molecular formula is C9H14BrN3. The average Bonchev–Trinajstić information content (AvgIpc) is 2.88. The number of rotatable bonds is 3. The normalized spacial score (nSPS) is 19.0. The van der Waals surface area contributed by atoms with E-state index < -0.39 is 0 Å². The Labute approximate surface area is 86.4 Å². The predicted molar refractivity (Wildman–Crippen MR) is 55.4 cm³/mol. The van der Waals surface area contributed by atoms with Gasteiger partial charge in [-0.1, -0.05) is 0 Å². The van der Waals surface area contributed by atoms with E-state index >= 15 is 0 Å². The van der Waals surface area contributed by atoms with Crippen LogP contribution in [0.1, 0.15) is 24.5 Å². The first-order chi connectivity index (χ1) is 6.24. The SMILES string of the molecule is Cn1ncc(Br)c1C(CN)C1CC1. The predicted octanol–water partition coefficient (Wildman–Crippen LogP) is 1.63. The van der Waals surface area contributed by atoms with Crippen LogP contribution >= 0.6 is 15.9 Å². The van der Waals surface area contributed by atoms with Gasteiger partial charge in [-0.3, -0.25) is 4.68 Å². The quantitative estimate of drug-likeness (QED) is 0.878. The van der Waals surface area contributed by atoms with Gasteiger partial charge >= 0.3 is 0 Å². The lowest BCUT2D eigenvalue weighted by Gasteiger charge is -2.14. The first kappa shape index (κ1) is 9.21. The fourth-order valence-electron chi connectivity index (χ4n) is 1.86. The van der Waals surface area contributed by atoms with Crippen molar-refractivity contribution in [3.63, 3.8) is 0 Å². The molecule has 0 amide bonds. The molecule has 1 aromatic rings. The first-order valence-corrected chi connectivity index (χ1v) is 5.40. The second-order valence-corrected chi connectivity index (χ2v) is 4.54. The molecule has 1 fully saturated rings. The minimum Gasteiger partial charge on any atom is -0.330 e. The summed E-state index contributed by atoms with van der Waals surface area (Å²) in [6, 6.07) is 0. The van der Waals surface area contributed by atoms with Crippen molar-refractivity contribution in [3.05, 3.63) is 16.4 Å². The smallest absolute Gasteiger partial charge is 0.0635 e. The number of aryl methyl sites for hydroxylation is 1. The average molecular weight is 244 g/mol. The number of nitrogens with two attached hydrogens (primary N) is 1. The van der Waals surface area contributed by atoms with Crippen LogP contribution in [0.3, 0.4) is 0 Å². The standard InChI is InChI=1S/C9H14BrN3/c1-13-9(8(10)5-12-13)7(4-11)6-2-3-6/h5-7H,2-4,11H2,1H3. The highest BCUT2D eigenvalue weighted by atomic mass is 79.9. The molecular weight excluding hydrogens is 230 g/mol. The molecule has 0 saturated heterocycles. The molecule has 1 aliphatic rings. The van der Waals surface area contributed by atoms with Gasteiger partial charge in [0.05, 0.1) is 16.4 Å². The summed E-state index contributed by atoms with van der Waals surface area (Å²) in [6.45, 7) is 0.725. The van der Waals surface area contributed by atoms with Crippen LogP contribution in [0.4, 0.5) is 0 Å². The van der Waals surface area contributed by atoms with E-state index in [1.54, 1.807) is 0 Å². The third kappa shape index (κ3) is 1.65. The number of hydrogen-bond acceptors (Lipinski definition) is 2. The summed E-state index contributed by atoms with van der Waals surface area (Å²) in [7, 11) is 1.98. The van der Waals surface area contributed by atoms with Crippen LogP contribution < -0.4 is 5.73 Å². The van der Waals surface area contributed by atoms with E-state index in [1.807, 2.05) is 17.9 Å². The van der Waals surface area contributed by atoms with Crippen LogP contribution in [0.15, 0.2) is 10.7 Å². The van der Waals surface area contributed by atoms with Gasteiger partial charge in [0.25, 0.3) is 0 Å². The fraction of sp³-hybridized carbons (Fsp3) is 0.667. The van der Waals surface area contributed by atoms with Gasteiger partial charge in [0.2, 0.25) is 0 Å². The van der Waals surface area contributed by atoms with Crippen molar-refractivity contribution in [1.82, 2.24) is 9.78 Å². The van der Waals surface area contributed by atoms with Crippen molar-refractivity contribution >= 4 is 15.9 Å². The largest absolute Gasteiger partial charge is 0.330 e. The fourth-order valence-corrected chi connectivity index (χ4v) is 2.51. The maximum absolute atomic E-state index is 5.78. The van der Waals surface area contributed by atoms with Gasteiger partial charge in [-0.25, -0.2) is 0 Å². The van der Waals surface area contributed by atoms with Crippen LogP contribution in [-0.4, -0.2) is 16.3 Å². The van der Waals surface area contributed by atoms with E-state index in [1.165, 1.54) is 18.5 Å². The second kappa shape index (κ2) is 3.42. The topological polar surface area (TPSA) is 43.8 Å². The lowest BCUT2D eigenvalue weighted by atomic mass is 10.00. The summed E-state index contributed by atoms with van der Waals surface area (Å²) in [5, 5.41) is 4.21. The molecule has 2 rings (SSSR count). The highest BCUT2D eigenvalue weighted by Gasteiger charge is 2.34. The zero-order chi connectivity index (χ0) is 9.42. The van der Waals surface area contributed by atoms with Crippen LogP contribution in [0.25, 0.3) is 0 Å². The summed E-state index contributed by atoms with van der Waals surface area (Å²) < 4.78 is 3.03. The Morgan fingerprint density at radius 2 is 2.46 bits per heavy atom. The van der Waals surface area contributed by atoms with Crippen LogP contribution in [0, 0.1) is 5.92 Å². The van der Waals surface area contributed by atoms with Crippen LogP contribution in [-0.2, 0) is 7.05 Å². The van der Waals surface area contributed by atoms with Crippen LogP contribution in [0.5, 0.6) is 0 Å². The maximum atomic E-state index is 5.78. The van der Waals surface area contributed by atoms with E-state index in [9.17, 15) is 0 Å². The second-order valence-electron chi connectivity index (χ2n) is 3.68.